The Labute approximate surface area is 192 Å². The van der Waals surface area contributed by atoms with Crippen molar-refractivity contribution in [2.75, 3.05) is 38.3 Å². The fourth-order valence-corrected chi connectivity index (χ4v) is 3.19. The number of carbonyl (C=O) groups is 3. The Morgan fingerprint density at radius 1 is 1.03 bits per heavy atom. The van der Waals surface area contributed by atoms with Gasteiger partial charge in [0, 0.05) is 18.7 Å². The molecule has 0 heterocycles. The van der Waals surface area contributed by atoms with Gasteiger partial charge in [0.15, 0.2) is 0 Å². The SMILES string of the molecule is C=CC[C@H](CC(=O)NCCOCCO)C(=O)N[C@@H](CO)C(=O)Nc1ccc2ccccc2c1. The maximum Gasteiger partial charge on any atom is 0.249 e. The van der Waals surface area contributed by atoms with Gasteiger partial charge in [-0.1, -0.05) is 36.4 Å². The number of nitrogens with one attached hydrogen (secondary N) is 3. The van der Waals surface area contributed by atoms with Crippen LogP contribution in [0.1, 0.15) is 12.8 Å². The minimum absolute atomic E-state index is 0.101. The molecule has 2 atom stereocenters. The van der Waals surface area contributed by atoms with Gasteiger partial charge in [-0.05, 0) is 29.3 Å². The smallest absolute Gasteiger partial charge is 0.249 e. The van der Waals surface area contributed by atoms with Crippen LogP contribution in [-0.2, 0) is 19.1 Å². The zero-order valence-electron chi connectivity index (χ0n) is 18.5. The third-order valence-electron chi connectivity index (χ3n) is 4.89. The number of carbonyl (C=O) groups excluding carboxylic acids is 3. The first-order valence-electron chi connectivity index (χ1n) is 10.8. The second kappa shape index (κ2) is 14.0. The summed E-state index contributed by atoms with van der Waals surface area (Å²) in [5.41, 5.74) is 0.539. The molecule has 0 fully saturated rings. The summed E-state index contributed by atoms with van der Waals surface area (Å²) in [7, 11) is 0. The molecular formula is C24H31N3O6. The highest BCUT2D eigenvalue weighted by Crippen LogP contribution is 2.19. The Bertz CT molecular complexity index is 949. The van der Waals surface area contributed by atoms with Gasteiger partial charge in [-0.15, -0.1) is 6.58 Å². The van der Waals surface area contributed by atoms with Crippen molar-refractivity contribution in [3.05, 3.63) is 55.1 Å². The Kier molecular flexibility index (Phi) is 11.0. The second-order valence-corrected chi connectivity index (χ2v) is 7.41. The van der Waals surface area contributed by atoms with E-state index in [0.717, 1.165) is 10.8 Å². The van der Waals surface area contributed by atoms with E-state index in [1.807, 2.05) is 30.3 Å². The van der Waals surface area contributed by atoms with E-state index < -0.39 is 30.4 Å². The molecule has 0 aliphatic rings. The molecule has 2 aromatic rings. The number of rotatable bonds is 14. The van der Waals surface area contributed by atoms with Gasteiger partial charge in [-0.25, -0.2) is 0 Å². The molecule has 2 rings (SSSR count). The molecule has 2 aromatic carbocycles. The molecule has 0 spiro atoms. The molecule has 33 heavy (non-hydrogen) atoms. The molecule has 0 saturated heterocycles. The lowest BCUT2D eigenvalue weighted by molar-refractivity contribution is -0.132. The van der Waals surface area contributed by atoms with Crippen molar-refractivity contribution in [2.45, 2.75) is 18.9 Å². The van der Waals surface area contributed by atoms with Crippen LogP contribution in [0, 0.1) is 5.92 Å². The summed E-state index contributed by atoms with van der Waals surface area (Å²) >= 11 is 0. The second-order valence-electron chi connectivity index (χ2n) is 7.41. The first-order chi connectivity index (χ1) is 16.0. The molecule has 178 valence electrons. The van der Waals surface area contributed by atoms with Gasteiger partial charge in [0.1, 0.15) is 6.04 Å². The Morgan fingerprint density at radius 2 is 1.79 bits per heavy atom. The highest BCUT2D eigenvalue weighted by Gasteiger charge is 2.26. The van der Waals surface area contributed by atoms with Crippen LogP contribution in [0.25, 0.3) is 10.8 Å². The van der Waals surface area contributed by atoms with Crippen molar-refractivity contribution in [2.24, 2.45) is 5.92 Å². The minimum Gasteiger partial charge on any atom is -0.394 e. The Hall–Kier alpha value is -3.27. The van der Waals surface area contributed by atoms with E-state index in [4.69, 9.17) is 9.84 Å². The van der Waals surface area contributed by atoms with E-state index >= 15 is 0 Å². The molecule has 9 heteroatoms. The van der Waals surface area contributed by atoms with Gasteiger partial charge in [-0.3, -0.25) is 14.4 Å². The summed E-state index contributed by atoms with van der Waals surface area (Å²) in [5.74, 6) is -2.20. The van der Waals surface area contributed by atoms with Crippen LogP contribution >= 0.6 is 0 Å². The number of aliphatic hydroxyl groups is 2. The number of fused-ring (bicyclic) bond motifs is 1. The summed E-state index contributed by atoms with van der Waals surface area (Å²) in [6.45, 7) is 3.59. The molecule has 5 N–H and O–H groups in total. The van der Waals surface area contributed by atoms with Crippen LogP contribution in [0.4, 0.5) is 5.69 Å². The standard InChI is InChI=1S/C24H31N3O6/c1-2-5-19(15-22(30)25-10-12-33-13-11-28)23(31)27-21(16-29)24(32)26-20-9-8-17-6-3-4-7-18(17)14-20/h2-4,6-9,14,19,21,28-29H,1,5,10-13,15-16H2,(H,25,30)(H,26,32)(H,27,31)/t19-,21+/m1/s1. The summed E-state index contributed by atoms with van der Waals surface area (Å²) < 4.78 is 5.07. The van der Waals surface area contributed by atoms with E-state index in [2.05, 4.69) is 22.5 Å². The van der Waals surface area contributed by atoms with Gasteiger partial charge in [-0.2, -0.15) is 0 Å². The van der Waals surface area contributed by atoms with Gasteiger partial charge < -0.3 is 30.9 Å². The highest BCUT2D eigenvalue weighted by atomic mass is 16.5. The molecule has 0 aliphatic heterocycles. The number of aliphatic hydroxyl groups excluding tert-OH is 2. The Morgan fingerprint density at radius 3 is 2.48 bits per heavy atom. The molecule has 0 saturated carbocycles. The fraction of sp³-hybridized carbons (Fsp3) is 0.375. The van der Waals surface area contributed by atoms with Crippen LogP contribution in [0.2, 0.25) is 0 Å². The zero-order valence-corrected chi connectivity index (χ0v) is 18.5. The van der Waals surface area contributed by atoms with Gasteiger partial charge in [0.05, 0.1) is 32.3 Å². The number of amides is 3. The molecule has 0 aromatic heterocycles. The molecular weight excluding hydrogens is 426 g/mol. The van der Waals surface area contributed by atoms with Crippen LogP contribution in [-0.4, -0.2) is 66.9 Å². The number of benzene rings is 2. The lowest BCUT2D eigenvalue weighted by Gasteiger charge is -2.20. The molecule has 3 amide bonds. The third-order valence-corrected chi connectivity index (χ3v) is 4.89. The normalized spacial score (nSPS) is 12.5. The van der Waals surface area contributed by atoms with E-state index in [1.54, 1.807) is 12.1 Å². The quantitative estimate of drug-likeness (QED) is 0.212. The van der Waals surface area contributed by atoms with Gasteiger partial charge >= 0.3 is 0 Å². The Balaban J connectivity index is 1.92. The van der Waals surface area contributed by atoms with E-state index in [1.165, 1.54) is 6.08 Å². The van der Waals surface area contributed by atoms with Crippen LogP contribution < -0.4 is 16.0 Å². The lowest BCUT2D eigenvalue weighted by atomic mass is 9.99. The average molecular weight is 458 g/mol. The zero-order chi connectivity index (χ0) is 24.1. The first-order valence-corrected chi connectivity index (χ1v) is 10.8. The van der Waals surface area contributed by atoms with E-state index in [0.29, 0.717) is 5.69 Å². The van der Waals surface area contributed by atoms with Crippen molar-refractivity contribution < 1.29 is 29.3 Å². The van der Waals surface area contributed by atoms with Crippen LogP contribution in [0.15, 0.2) is 55.1 Å². The highest BCUT2D eigenvalue weighted by molar-refractivity contribution is 5.99. The van der Waals surface area contributed by atoms with Crippen molar-refractivity contribution in [3.8, 4) is 0 Å². The minimum atomic E-state index is -1.17. The number of anilines is 1. The number of ether oxygens (including phenoxy) is 1. The van der Waals surface area contributed by atoms with Crippen molar-refractivity contribution >= 4 is 34.2 Å². The van der Waals surface area contributed by atoms with E-state index in [-0.39, 0.29) is 45.1 Å². The fourth-order valence-electron chi connectivity index (χ4n) is 3.19. The maximum absolute atomic E-state index is 12.7. The third kappa shape index (κ3) is 8.64. The number of hydrogen-bond acceptors (Lipinski definition) is 6. The van der Waals surface area contributed by atoms with Gasteiger partial charge in [0.2, 0.25) is 17.7 Å². The van der Waals surface area contributed by atoms with Crippen molar-refractivity contribution in [3.63, 3.8) is 0 Å². The topological polar surface area (TPSA) is 137 Å². The predicted molar refractivity (Wildman–Crippen MR) is 125 cm³/mol. The van der Waals surface area contributed by atoms with Crippen LogP contribution in [0.5, 0.6) is 0 Å². The lowest BCUT2D eigenvalue weighted by Crippen LogP contribution is -2.48. The molecule has 0 aliphatic carbocycles. The summed E-state index contributed by atoms with van der Waals surface area (Å²) in [4.78, 5) is 37.5. The number of allylic oxidation sites excluding steroid dienone is 1. The summed E-state index contributed by atoms with van der Waals surface area (Å²) in [6.07, 6.45) is 1.64. The number of hydrogen-bond donors (Lipinski definition) is 5. The molecule has 0 bridgehead atoms. The largest absolute Gasteiger partial charge is 0.394 e. The van der Waals surface area contributed by atoms with E-state index in [9.17, 15) is 19.5 Å². The molecule has 0 unspecified atom stereocenters. The molecule has 9 nitrogen and oxygen atoms in total. The molecule has 0 radical (unpaired) electrons. The average Bonchev–Trinajstić information content (AvgIpc) is 2.81. The summed E-state index contributed by atoms with van der Waals surface area (Å²) in [6, 6.07) is 11.9. The van der Waals surface area contributed by atoms with Crippen LogP contribution in [0.3, 0.4) is 0 Å². The van der Waals surface area contributed by atoms with Gasteiger partial charge in [0.25, 0.3) is 0 Å². The van der Waals surface area contributed by atoms with Crippen molar-refractivity contribution in [1.29, 1.82) is 0 Å². The monoisotopic (exact) mass is 457 g/mol. The maximum atomic E-state index is 12.7. The summed E-state index contributed by atoms with van der Waals surface area (Å²) in [5, 5.41) is 28.1. The first kappa shape index (κ1) is 26.0. The van der Waals surface area contributed by atoms with Crippen molar-refractivity contribution in [1.82, 2.24) is 10.6 Å². The predicted octanol–water partition coefficient (Wildman–Crippen LogP) is 0.963.